The molecule has 2 unspecified atom stereocenters. The van der Waals surface area contributed by atoms with Crippen LogP contribution in [0, 0.1) is 11.8 Å². The number of hydrogen-bond donors (Lipinski definition) is 1. The average molecular weight is 266 g/mol. The van der Waals surface area contributed by atoms with Crippen LogP contribution in [-0.2, 0) is 4.74 Å². The third-order valence-electron chi connectivity index (χ3n) is 5.89. The average Bonchev–Trinajstić information content (AvgIpc) is 2.88. The largest absolute Gasteiger partial charge is 0.393 e. The molecule has 0 amide bonds. The Balaban J connectivity index is 1.52. The van der Waals surface area contributed by atoms with Gasteiger partial charge >= 0.3 is 0 Å². The van der Waals surface area contributed by atoms with Crippen molar-refractivity contribution in [2.75, 3.05) is 6.61 Å². The van der Waals surface area contributed by atoms with Gasteiger partial charge in [0.2, 0.25) is 0 Å². The summed E-state index contributed by atoms with van der Waals surface area (Å²) >= 11 is 0. The van der Waals surface area contributed by atoms with E-state index < -0.39 is 0 Å². The van der Waals surface area contributed by atoms with Crippen LogP contribution >= 0.6 is 0 Å². The zero-order chi connectivity index (χ0) is 13.1. The summed E-state index contributed by atoms with van der Waals surface area (Å²) in [7, 11) is 0. The Morgan fingerprint density at radius 2 is 1.74 bits per heavy atom. The zero-order valence-corrected chi connectivity index (χ0v) is 12.3. The van der Waals surface area contributed by atoms with E-state index in [-0.39, 0.29) is 11.7 Å². The molecule has 2 heteroatoms. The van der Waals surface area contributed by atoms with Crippen molar-refractivity contribution in [1.29, 1.82) is 0 Å². The fourth-order valence-electron chi connectivity index (χ4n) is 4.72. The minimum Gasteiger partial charge on any atom is -0.393 e. The van der Waals surface area contributed by atoms with Crippen LogP contribution < -0.4 is 0 Å². The molecule has 1 N–H and O–H groups in total. The number of aliphatic hydroxyl groups is 1. The highest BCUT2D eigenvalue weighted by molar-refractivity contribution is 4.93. The first-order valence-electron chi connectivity index (χ1n) is 8.59. The van der Waals surface area contributed by atoms with Crippen molar-refractivity contribution in [1.82, 2.24) is 0 Å². The first-order chi connectivity index (χ1) is 9.27. The molecule has 110 valence electrons. The SMILES string of the molecule is OC(CC1CCCCC1)C1CCOC2(CCCC2)C1. The molecule has 2 aliphatic carbocycles. The van der Waals surface area contributed by atoms with E-state index in [1.54, 1.807) is 0 Å². The summed E-state index contributed by atoms with van der Waals surface area (Å²) in [5.41, 5.74) is 0.163. The lowest BCUT2D eigenvalue weighted by molar-refractivity contribution is -0.115. The van der Waals surface area contributed by atoms with Crippen LogP contribution in [0.5, 0.6) is 0 Å². The summed E-state index contributed by atoms with van der Waals surface area (Å²) in [4.78, 5) is 0. The van der Waals surface area contributed by atoms with Crippen molar-refractivity contribution in [3.63, 3.8) is 0 Å². The zero-order valence-electron chi connectivity index (χ0n) is 12.3. The summed E-state index contributed by atoms with van der Waals surface area (Å²) in [6.45, 7) is 0.881. The quantitative estimate of drug-likeness (QED) is 0.835. The van der Waals surface area contributed by atoms with Gasteiger partial charge in [0.05, 0.1) is 11.7 Å². The first-order valence-corrected chi connectivity index (χ1v) is 8.59. The van der Waals surface area contributed by atoms with Gasteiger partial charge in [0.1, 0.15) is 0 Å². The lowest BCUT2D eigenvalue weighted by atomic mass is 9.77. The molecule has 3 rings (SSSR count). The summed E-state index contributed by atoms with van der Waals surface area (Å²) in [5, 5.41) is 10.6. The minimum absolute atomic E-state index is 0.0653. The minimum atomic E-state index is -0.0653. The molecule has 1 heterocycles. The molecule has 0 aromatic carbocycles. The monoisotopic (exact) mass is 266 g/mol. The topological polar surface area (TPSA) is 29.5 Å². The van der Waals surface area contributed by atoms with Gasteiger partial charge in [-0.3, -0.25) is 0 Å². The van der Waals surface area contributed by atoms with Gasteiger partial charge in [0.15, 0.2) is 0 Å². The summed E-state index contributed by atoms with van der Waals surface area (Å²) < 4.78 is 6.09. The van der Waals surface area contributed by atoms with Crippen LogP contribution in [0.3, 0.4) is 0 Å². The van der Waals surface area contributed by atoms with E-state index in [1.807, 2.05) is 0 Å². The van der Waals surface area contributed by atoms with Gasteiger partial charge < -0.3 is 9.84 Å². The van der Waals surface area contributed by atoms with Crippen LogP contribution in [0.4, 0.5) is 0 Å². The standard InChI is InChI=1S/C17H30O2/c18-16(12-14-6-2-1-3-7-14)15-8-11-19-17(13-15)9-4-5-10-17/h14-16,18H,1-13H2. The maximum absolute atomic E-state index is 10.6. The maximum Gasteiger partial charge on any atom is 0.0686 e. The highest BCUT2D eigenvalue weighted by Crippen LogP contribution is 2.43. The third-order valence-corrected chi connectivity index (χ3v) is 5.89. The molecule has 1 aliphatic heterocycles. The van der Waals surface area contributed by atoms with Gasteiger partial charge in [-0.25, -0.2) is 0 Å². The Morgan fingerprint density at radius 1 is 1.00 bits per heavy atom. The Kier molecular flexibility index (Phi) is 4.48. The molecule has 2 atom stereocenters. The van der Waals surface area contributed by atoms with E-state index in [2.05, 4.69) is 0 Å². The van der Waals surface area contributed by atoms with Gasteiger partial charge in [-0.2, -0.15) is 0 Å². The van der Waals surface area contributed by atoms with E-state index in [9.17, 15) is 5.11 Å². The molecule has 1 spiro atoms. The molecular weight excluding hydrogens is 236 g/mol. The highest BCUT2D eigenvalue weighted by Gasteiger charge is 2.41. The van der Waals surface area contributed by atoms with Crippen molar-refractivity contribution < 1.29 is 9.84 Å². The predicted octanol–water partition coefficient (Wildman–Crippen LogP) is 4.06. The Morgan fingerprint density at radius 3 is 2.47 bits per heavy atom. The fraction of sp³-hybridized carbons (Fsp3) is 1.00. The normalized spacial score (nSPS) is 33.6. The van der Waals surface area contributed by atoms with Crippen molar-refractivity contribution in [2.24, 2.45) is 11.8 Å². The van der Waals surface area contributed by atoms with Crippen LogP contribution in [-0.4, -0.2) is 23.4 Å². The second-order valence-corrected chi connectivity index (χ2v) is 7.30. The van der Waals surface area contributed by atoms with E-state index in [1.165, 1.54) is 57.8 Å². The molecule has 0 radical (unpaired) electrons. The Hall–Kier alpha value is -0.0800. The maximum atomic E-state index is 10.6. The van der Waals surface area contributed by atoms with E-state index >= 15 is 0 Å². The van der Waals surface area contributed by atoms with Crippen LogP contribution in [0.15, 0.2) is 0 Å². The molecule has 0 bridgehead atoms. The summed E-state index contributed by atoms with van der Waals surface area (Å²) in [5.74, 6) is 1.31. The van der Waals surface area contributed by atoms with E-state index in [0.717, 1.165) is 31.8 Å². The fourth-order valence-corrected chi connectivity index (χ4v) is 4.72. The molecule has 0 aromatic rings. The molecular formula is C17H30O2. The molecule has 0 aromatic heterocycles. The van der Waals surface area contributed by atoms with Gasteiger partial charge in [-0.1, -0.05) is 44.9 Å². The summed E-state index contributed by atoms with van der Waals surface area (Å²) in [6, 6.07) is 0. The van der Waals surface area contributed by atoms with Gasteiger partial charge in [-0.15, -0.1) is 0 Å². The second kappa shape index (κ2) is 6.13. The molecule has 3 aliphatic rings. The van der Waals surface area contributed by atoms with Crippen molar-refractivity contribution in [3.05, 3.63) is 0 Å². The van der Waals surface area contributed by atoms with Crippen LogP contribution in [0.1, 0.15) is 77.0 Å². The van der Waals surface area contributed by atoms with E-state index in [0.29, 0.717) is 5.92 Å². The molecule has 3 fully saturated rings. The summed E-state index contributed by atoms with van der Waals surface area (Å²) in [6.07, 6.45) is 15.2. The lowest BCUT2D eigenvalue weighted by Crippen LogP contribution is -2.41. The van der Waals surface area contributed by atoms with Gasteiger partial charge in [0, 0.05) is 6.61 Å². The smallest absolute Gasteiger partial charge is 0.0686 e. The van der Waals surface area contributed by atoms with Crippen LogP contribution in [0.2, 0.25) is 0 Å². The highest BCUT2D eigenvalue weighted by atomic mass is 16.5. The first kappa shape index (κ1) is 13.9. The predicted molar refractivity (Wildman–Crippen MR) is 77.1 cm³/mol. The van der Waals surface area contributed by atoms with Crippen LogP contribution in [0.25, 0.3) is 0 Å². The Bertz CT molecular complexity index is 277. The van der Waals surface area contributed by atoms with Crippen molar-refractivity contribution in [2.45, 2.75) is 88.8 Å². The molecule has 1 saturated heterocycles. The number of aliphatic hydroxyl groups excluding tert-OH is 1. The van der Waals surface area contributed by atoms with Crippen molar-refractivity contribution in [3.8, 4) is 0 Å². The number of rotatable bonds is 3. The molecule has 2 saturated carbocycles. The second-order valence-electron chi connectivity index (χ2n) is 7.30. The Labute approximate surface area is 117 Å². The van der Waals surface area contributed by atoms with Gasteiger partial charge in [0.25, 0.3) is 0 Å². The number of ether oxygens (including phenoxy) is 1. The van der Waals surface area contributed by atoms with E-state index in [4.69, 9.17) is 4.74 Å². The van der Waals surface area contributed by atoms with Gasteiger partial charge in [-0.05, 0) is 43.9 Å². The van der Waals surface area contributed by atoms with Crippen molar-refractivity contribution >= 4 is 0 Å². The molecule has 19 heavy (non-hydrogen) atoms. The third kappa shape index (κ3) is 3.33. The molecule has 2 nitrogen and oxygen atoms in total. The lowest BCUT2D eigenvalue weighted by Gasteiger charge is -2.40. The number of hydrogen-bond acceptors (Lipinski definition) is 2.